The zero-order valence-electron chi connectivity index (χ0n) is 15.1. The SMILES string of the molecule is CC1CCCCC1C[C@H]1[C@H](C=O)OC(C)N1C(=O)OC(C)(C)C. The van der Waals surface area contributed by atoms with Crippen molar-refractivity contribution in [1.29, 1.82) is 0 Å². The molecule has 3 unspecified atom stereocenters. The summed E-state index contributed by atoms with van der Waals surface area (Å²) >= 11 is 0. The Bertz CT molecular complexity index is 431. The average molecular weight is 325 g/mol. The van der Waals surface area contributed by atoms with E-state index in [2.05, 4.69) is 6.92 Å². The summed E-state index contributed by atoms with van der Waals surface area (Å²) in [7, 11) is 0. The maximum Gasteiger partial charge on any atom is 0.412 e. The zero-order chi connectivity index (χ0) is 17.2. The lowest BCUT2D eigenvalue weighted by atomic mass is 9.76. The number of hydrogen-bond donors (Lipinski definition) is 0. The minimum Gasteiger partial charge on any atom is -0.444 e. The lowest BCUT2D eigenvalue weighted by molar-refractivity contribution is -0.117. The molecule has 1 saturated heterocycles. The van der Waals surface area contributed by atoms with Crippen LogP contribution in [0.5, 0.6) is 0 Å². The van der Waals surface area contributed by atoms with Gasteiger partial charge in [0.2, 0.25) is 0 Å². The van der Waals surface area contributed by atoms with Gasteiger partial charge in [-0.25, -0.2) is 4.79 Å². The maximum atomic E-state index is 12.6. The van der Waals surface area contributed by atoms with Gasteiger partial charge in [0.05, 0.1) is 6.04 Å². The van der Waals surface area contributed by atoms with Crippen molar-refractivity contribution < 1.29 is 19.1 Å². The Morgan fingerprint density at radius 2 is 1.91 bits per heavy atom. The third-order valence-electron chi connectivity index (χ3n) is 5.05. The molecule has 5 heteroatoms. The van der Waals surface area contributed by atoms with E-state index in [0.717, 1.165) is 12.7 Å². The number of ether oxygens (including phenoxy) is 2. The summed E-state index contributed by atoms with van der Waals surface area (Å²) in [6.07, 6.45) is 5.19. The molecule has 0 aromatic rings. The molecule has 23 heavy (non-hydrogen) atoms. The largest absolute Gasteiger partial charge is 0.444 e. The Labute approximate surface area is 139 Å². The van der Waals surface area contributed by atoms with Crippen molar-refractivity contribution in [3.63, 3.8) is 0 Å². The van der Waals surface area contributed by atoms with E-state index in [1.54, 1.807) is 4.90 Å². The second-order valence-corrected chi connectivity index (χ2v) is 8.05. The number of nitrogens with zero attached hydrogens (tertiary/aromatic N) is 1. The van der Waals surface area contributed by atoms with Gasteiger partial charge in [-0.15, -0.1) is 0 Å². The lowest BCUT2D eigenvalue weighted by Gasteiger charge is -2.35. The van der Waals surface area contributed by atoms with Crippen LogP contribution in [0.1, 0.15) is 66.7 Å². The molecule has 0 aromatic heterocycles. The molecule has 1 saturated carbocycles. The Kier molecular flexibility index (Phi) is 5.71. The van der Waals surface area contributed by atoms with Crippen molar-refractivity contribution in [2.45, 2.75) is 90.7 Å². The normalized spacial score (nSPS) is 35.2. The molecule has 1 aliphatic heterocycles. The molecule has 132 valence electrons. The molecule has 0 aromatic carbocycles. The van der Waals surface area contributed by atoms with Crippen molar-refractivity contribution in [1.82, 2.24) is 4.90 Å². The van der Waals surface area contributed by atoms with E-state index in [4.69, 9.17) is 9.47 Å². The number of amides is 1. The average Bonchev–Trinajstić information content (AvgIpc) is 2.75. The first-order chi connectivity index (χ1) is 10.7. The van der Waals surface area contributed by atoms with Gasteiger partial charge in [0.15, 0.2) is 6.29 Å². The van der Waals surface area contributed by atoms with Crippen LogP contribution in [0, 0.1) is 11.8 Å². The monoisotopic (exact) mass is 325 g/mol. The fraction of sp³-hybridized carbons (Fsp3) is 0.889. The number of carbonyl (C=O) groups excluding carboxylic acids is 2. The topological polar surface area (TPSA) is 55.8 Å². The fourth-order valence-electron chi connectivity index (χ4n) is 3.83. The molecule has 1 heterocycles. The smallest absolute Gasteiger partial charge is 0.412 e. The second-order valence-electron chi connectivity index (χ2n) is 8.05. The van der Waals surface area contributed by atoms with Gasteiger partial charge in [0.25, 0.3) is 0 Å². The highest BCUT2D eigenvalue weighted by Crippen LogP contribution is 2.37. The number of hydrogen-bond acceptors (Lipinski definition) is 4. The van der Waals surface area contributed by atoms with Crippen LogP contribution in [0.15, 0.2) is 0 Å². The van der Waals surface area contributed by atoms with Gasteiger partial charge in [0.1, 0.15) is 17.9 Å². The van der Waals surface area contributed by atoms with E-state index >= 15 is 0 Å². The molecule has 2 rings (SSSR count). The zero-order valence-corrected chi connectivity index (χ0v) is 15.1. The summed E-state index contributed by atoms with van der Waals surface area (Å²) < 4.78 is 11.2. The molecule has 0 bridgehead atoms. The molecule has 5 nitrogen and oxygen atoms in total. The molecular weight excluding hydrogens is 294 g/mol. The van der Waals surface area contributed by atoms with Crippen LogP contribution in [0.25, 0.3) is 0 Å². The van der Waals surface area contributed by atoms with Gasteiger partial charge in [-0.2, -0.15) is 0 Å². The highest BCUT2D eigenvalue weighted by atomic mass is 16.6. The van der Waals surface area contributed by atoms with Crippen molar-refractivity contribution in [2.75, 3.05) is 0 Å². The highest BCUT2D eigenvalue weighted by molar-refractivity contribution is 5.71. The third kappa shape index (κ3) is 4.46. The van der Waals surface area contributed by atoms with Crippen LogP contribution in [0.2, 0.25) is 0 Å². The summed E-state index contributed by atoms with van der Waals surface area (Å²) in [5.74, 6) is 1.17. The van der Waals surface area contributed by atoms with E-state index in [0.29, 0.717) is 11.8 Å². The second kappa shape index (κ2) is 7.20. The van der Waals surface area contributed by atoms with Crippen LogP contribution < -0.4 is 0 Å². The standard InChI is InChI=1S/C18H31NO4/c1-12-8-6-7-9-14(12)10-15-16(11-20)22-13(2)19(15)17(21)23-18(3,4)5/h11-16H,6-10H2,1-5H3/t12?,13?,14?,15-,16-/m0/s1. The number of rotatable bonds is 3. The molecule has 0 spiro atoms. The van der Waals surface area contributed by atoms with Crippen LogP contribution in [-0.4, -0.2) is 41.3 Å². The van der Waals surface area contributed by atoms with Crippen molar-refractivity contribution in [3.05, 3.63) is 0 Å². The molecule has 0 N–H and O–H groups in total. The molecule has 1 amide bonds. The molecule has 0 radical (unpaired) electrons. The van der Waals surface area contributed by atoms with Crippen molar-refractivity contribution >= 4 is 12.4 Å². The van der Waals surface area contributed by atoms with Crippen LogP contribution in [0.3, 0.4) is 0 Å². The van der Waals surface area contributed by atoms with Crippen LogP contribution in [0.4, 0.5) is 4.79 Å². The van der Waals surface area contributed by atoms with E-state index in [-0.39, 0.29) is 12.1 Å². The Hall–Kier alpha value is -1.10. The van der Waals surface area contributed by atoms with E-state index in [1.807, 2.05) is 27.7 Å². The maximum absolute atomic E-state index is 12.6. The first-order valence-corrected chi connectivity index (χ1v) is 8.85. The van der Waals surface area contributed by atoms with Crippen LogP contribution >= 0.6 is 0 Å². The number of carbonyl (C=O) groups is 2. The summed E-state index contributed by atoms with van der Waals surface area (Å²) in [5.41, 5.74) is -0.557. The van der Waals surface area contributed by atoms with Crippen molar-refractivity contribution in [3.8, 4) is 0 Å². The number of aldehydes is 1. The van der Waals surface area contributed by atoms with Crippen molar-refractivity contribution in [2.24, 2.45) is 11.8 Å². The molecule has 5 atom stereocenters. The lowest BCUT2D eigenvalue weighted by Crippen LogP contribution is -2.46. The predicted octanol–water partition coefficient (Wildman–Crippen LogP) is 3.75. The first kappa shape index (κ1) is 18.2. The summed E-state index contributed by atoms with van der Waals surface area (Å²) in [6, 6.07) is -0.220. The van der Waals surface area contributed by atoms with Gasteiger partial charge in [-0.3, -0.25) is 4.90 Å². The Morgan fingerprint density at radius 3 is 2.48 bits per heavy atom. The minimum absolute atomic E-state index is 0.220. The fourth-order valence-corrected chi connectivity index (χ4v) is 3.83. The van der Waals surface area contributed by atoms with Gasteiger partial charge < -0.3 is 14.3 Å². The third-order valence-corrected chi connectivity index (χ3v) is 5.05. The molecule has 1 aliphatic carbocycles. The van der Waals surface area contributed by atoms with E-state index in [1.165, 1.54) is 25.7 Å². The molecule has 2 aliphatic rings. The summed E-state index contributed by atoms with van der Waals surface area (Å²) in [6.45, 7) is 9.63. The van der Waals surface area contributed by atoms with Gasteiger partial charge in [0, 0.05) is 0 Å². The van der Waals surface area contributed by atoms with Gasteiger partial charge in [-0.1, -0.05) is 32.6 Å². The quantitative estimate of drug-likeness (QED) is 0.742. The van der Waals surface area contributed by atoms with E-state index < -0.39 is 17.9 Å². The van der Waals surface area contributed by atoms with Gasteiger partial charge in [-0.05, 0) is 46.0 Å². The first-order valence-electron chi connectivity index (χ1n) is 8.85. The minimum atomic E-state index is -0.557. The van der Waals surface area contributed by atoms with Crippen LogP contribution in [-0.2, 0) is 14.3 Å². The van der Waals surface area contributed by atoms with Gasteiger partial charge >= 0.3 is 6.09 Å². The molecule has 2 fully saturated rings. The Morgan fingerprint density at radius 1 is 1.26 bits per heavy atom. The summed E-state index contributed by atoms with van der Waals surface area (Å²) in [4.78, 5) is 25.6. The van der Waals surface area contributed by atoms with E-state index in [9.17, 15) is 9.59 Å². The highest BCUT2D eigenvalue weighted by Gasteiger charge is 2.45. The predicted molar refractivity (Wildman–Crippen MR) is 88.0 cm³/mol. The Balaban J connectivity index is 2.13. The molecular formula is C18H31NO4. The summed E-state index contributed by atoms with van der Waals surface area (Å²) in [5, 5.41) is 0.